The van der Waals surface area contributed by atoms with E-state index in [4.69, 9.17) is 5.73 Å². The first kappa shape index (κ1) is 11.9. The Balaban J connectivity index is 2.42. The molecule has 2 aromatic rings. The van der Waals surface area contributed by atoms with Crippen molar-refractivity contribution in [1.82, 2.24) is 9.78 Å². The summed E-state index contributed by atoms with van der Waals surface area (Å²) in [5.41, 5.74) is 9.57. The Labute approximate surface area is 102 Å². The minimum absolute atomic E-state index is 0.0242. The summed E-state index contributed by atoms with van der Waals surface area (Å²) in [5, 5.41) is 4.47. The first-order valence-electron chi connectivity index (χ1n) is 5.92. The van der Waals surface area contributed by atoms with Crippen LogP contribution in [-0.2, 0) is 0 Å². The lowest BCUT2D eigenvalue weighted by atomic mass is 9.99. The average molecular weight is 229 g/mol. The van der Waals surface area contributed by atoms with E-state index in [0.29, 0.717) is 0 Å². The van der Waals surface area contributed by atoms with Crippen LogP contribution in [0.5, 0.6) is 0 Å². The van der Waals surface area contributed by atoms with Gasteiger partial charge in [-0.25, -0.2) is 0 Å². The van der Waals surface area contributed by atoms with Crippen molar-refractivity contribution in [2.45, 2.75) is 32.9 Å². The van der Waals surface area contributed by atoms with Crippen LogP contribution in [0.4, 0.5) is 0 Å². The van der Waals surface area contributed by atoms with Crippen LogP contribution in [0.2, 0.25) is 0 Å². The summed E-state index contributed by atoms with van der Waals surface area (Å²) in [6.07, 6.45) is 1.99. The SMILES string of the molecule is Cc1cccc(C(C(C)N)n2ccc(C)n2)c1. The van der Waals surface area contributed by atoms with Crippen LogP contribution < -0.4 is 5.73 Å². The Kier molecular flexibility index (Phi) is 3.29. The van der Waals surface area contributed by atoms with Gasteiger partial charge in [-0.05, 0) is 32.4 Å². The molecule has 1 aromatic carbocycles. The highest BCUT2D eigenvalue weighted by Gasteiger charge is 2.18. The van der Waals surface area contributed by atoms with Crippen LogP contribution in [-0.4, -0.2) is 15.8 Å². The Bertz CT molecular complexity index is 500. The molecule has 0 spiro atoms. The van der Waals surface area contributed by atoms with Crippen LogP contribution in [0.3, 0.4) is 0 Å². The molecule has 3 heteroatoms. The van der Waals surface area contributed by atoms with Crippen molar-refractivity contribution in [2.24, 2.45) is 5.73 Å². The third-order valence-electron chi connectivity index (χ3n) is 2.91. The lowest BCUT2D eigenvalue weighted by molar-refractivity contribution is 0.452. The maximum Gasteiger partial charge on any atom is 0.0916 e. The number of hydrogen-bond acceptors (Lipinski definition) is 2. The van der Waals surface area contributed by atoms with Gasteiger partial charge >= 0.3 is 0 Å². The normalized spacial score (nSPS) is 14.6. The molecule has 0 radical (unpaired) electrons. The Hall–Kier alpha value is -1.61. The van der Waals surface area contributed by atoms with E-state index in [1.165, 1.54) is 11.1 Å². The molecule has 0 fully saturated rings. The molecule has 1 heterocycles. The molecule has 2 N–H and O–H groups in total. The van der Waals surface area contributed by atoms with Crippen molar-refractivity contribution < 1.29 is 0 Å². The van der Waals surface area contributed by atoms with Gasteiger partial charge in [0.15, 0.2) is 0 Å². The molecule has 0 aliphatic carbocycles. The number of aryl methyl sites for hydroxylation is 2. The predicted octanol–water partition coefficient (Wildman–Crippen LogP) is 2.44. The summed E-state index contributed by atoms with van der Waals surface area (Å²) >= 11 is 0. The molecular weight excluding hydrogens is 210 g/mol. The number of nitrogens with two attached hydrogens (primary N) is 1. The smallest absolute Gasteiger partial charge is 0.0916 e. The minimum atomic E-state index is 0.0242. The maximum absolute atomic E-state index is 6.10. The van der Waals surface area contributed by atoms with Crippen LogP contribution in [0.25, 0.3) is 0 Å². The van der Waals surface area contributed by atoms with E-state index in [-0.39, 0.29) is 12.1 Å². The second-order valence-corrected chi connectivity index (χ2v) is 4.66. The summed E-state index contributed by atoms with van der Waals surface area (Å²) < 4.78 is 1.95. The predicted molar refractivity (Wildman–Crippen MR) is 69.9 cm³/mol. The van der Waals surface area contributed by atoms with Crippen LogP contribution >= 0.6 is 0 Å². The van der Waals surface area contributed by atoms with Gasteiger partial charge in [-0.2, -0.15) is 5.10 Å². The van der Waals surface area contributed by atoms with Gasteiger partial charge in [-0.15, -0.1) is 0 Å². The lowest BCUT2D eigenvalue weighted by Crippen LogP contribution is -2.30. The molecule has 2 atom stereocenters. The largest absolute Gasteiger partial charge is 0.326 e. The van der Waals surface area contributed by atoms with Crippen LogP contribution in [0, 0.1) is 13.8 Å². The molecule has 2 unspecified atom stereocenters. The van der Waals surface area contributed by atoms with Crippen molar-refractivity contribution in [2.75, 3.05) is 0 Å². The van der Waals surface area contributed by atoms with E-state index in [2.05, 4.69) is 36.3 Å². The monoisotopic (exact) mass is 229 g/mol. The van der Waals surface area contributed by atoms with Gasteiger partial charge in [0.25, 0.3) is 0 Å². The van der Waals surface area contributed by atoms with E-state index in [9.17, 15) is 0 Å². The Morgan fingerprint density at radius 1 is 1.24 bits per heavy atom. The molecule has 90 valence electrons. The second kappa shape index (κ2) is 4.72. The highest BCUT2D eigenvalue weighted by atomic mass is 15.3. The number of nitrogens with zero attached hydrogens (tertiary/aromatic N) is 2. The number of aromatic nitrogens is 2. The third-order valence-corrected chi connectivity index (χ3v) is 2.91. The quantitative estimate of drug-likeness (QED) is 0.878. The molecule has 0 saturated carbocycles. The standard InChI is InChI=1S/C14H19N3/c1-10-5-4-6-13(9-10)14(12(3)15)17-8-7-11(2)16-17/h4-9,12,14H,15H2,1-3H3. The zero-order valence-electron chi connectivity index (χ0n) is 10.6. The molecule has 0 aliphatic heterocycles. The van der Waals surface area contributed by atoms with E-state index >= 15 is 0 Å². The van der Waals surface area contributed by atoms with E-state index < -0.39 is 0 Å². The van der Waals surface area contributed by atoms with E-state index in [1.807, 2.05) is 30.8 Å². The van der Waals surface area contributed by atoms with Crippen LogP contribution in [0.1, 0.15) is 29.8 Å². The Morgan fingerprint density at radius 2 is 2.00 bits per heavy atom. The first-order valence-corrected chi connectivity index (χ1v) is 5.92. The fraction of sp³-hybridized carbons (Fsp3) is 0.357. The van der Waals surface area contributed by atoms with Crippen LogP contribution in [0.15, 0.2) is 36.5 Å². The molecule has 0 amide bonds. The highest BCUT2D eigenvalue weighted by molar-refractivity contribution is 5.26. The number of benzene rings is 1. The summed E-state index contributed by atoms with van der Waals surface area (Å²) in [7, 11) is 0. The fourth-order valence-electron chi connectivity index (χ4n) is 2.14. The second-order valence-electron chi connectivity index (χ2n) is 4.66. The minimum Gasteiger partial charge on any atom is -0.326 e. The first-order chi connectivity index (χ1) is 8.08. The van der Waals surface area contributed by atoms with Gasteiger partial charge in [-0.1, -0.05) is 29.8 Å². The summed E-state index contributed by atoms with van der Waals surface area (Å²) in [6, 6.07) is 10.6. The van der Waals surface area contributed by atoms with E-state index in [0.717, 1.165) is 5.69 Å². The molecular formula is C14H19N3. The summed E-state index contributed by atoms with van der Waals surface area (Å²) in [4.78, 5) is 0. The van der Waals surface area contributed by atoms with Gasteiger partial charge in [0.1, 0.15) is 0 Å². The zero-order chi connectivity index (χ0) is 12.4. The van der Waals surface area contributed by atoms with Crippen molar-refractivity contribution in [3.05, 3.63) is 53.3 Å². The van der Waals surface area contributed by atoms with Crippen molar-refractivity contribution in [3.8, 4) is 0 Å². The average Bonchev–Trinajstić information content (AvgIpc) is 2.64. The topological polar surface area (TPSA) is 43.8 Å². The van der Waals surface area contributed by atoms with Crippen molar-refractivity contribution in [3.63, 3.8) is 0 Å². The summed E-state index contributed by atoms with van der Waals surface area (Å²) in [5.74, 6) is 0. The molecule has 0 bridgehead atoms. The van der Waals surface area contributed by atoms with Crippen molar-refractivity contribution in [1.29, 1.82) is 0 Å². The van der Waals surface area contributed by atoms with Gasteiger partial charge in [0.2, 0.25) is 0 Å². The van der Waals surface area contributed by atoms with Gasteiger partial charge in [0.05, 0.1) is 11.7 Å². The fourth-order valence-corrected chi connectivity index (χ4v) is 2.14. The summed E-state index contributed by atoms with van der Waals surface area (Å²) in [6.45, 7) is 6.10. The number of rotatable bonds is 3. The maximum atomic E-state index is 6.10. The molecule has 17 heavy (non-hydrogen) atoms. The van der Waals surface area contributed by atoms with Gasteiger partial charge in [0, 0.05) is 12.2 Å². The zero-order valence-corrected chi connectivity index (χ0v) is 10.6. The molecule has 2 rings (SSSR count). The van der Waals surface area contributed by atoms with Gasteiger partial charge < -0.3 is 5.73 Å². The van der Waals surface area contributed by atoms with Gasteiger partial charge in [-0.3, -0.25) is 4.68 Å². The molecule has 0 aliphatic rings. The number of hydrogen-bond donors (Lipinski definition) is 1. The molecule has 0 saturated heterocycles. The Morgan fingerprint density at radius 3 is 2.53 bits per heavy atom. The van der Waals surface area contributed by atoms with Crippen molar-refractivity contribution >= 4 is 0 Å². The van der Waals surface area contributed by atoms with E-state index in [1.54, 1.807) is 0 Å². The molecule has 1 aromatic heterocycles. The lowest BCUT2D eigenvalue weighted by Gasteiger charge is -2.22. The molecule has 3 nitrogen and oxygen atoms in total. The highest BCUT2D eigenvalue weighted by Crippen LogP contribution is 2.21. The third kappa shape index (κ3) is 2.56.